The lowest BCUT2D eigenvalue weighted by atomic mass is 10.0. The second-order valence-corrected chi connectivity index (χ2v) is 12.4. The number of aliphatic hydroxyl groups excluding tert-OH is 1. The minimum atomic E-state index is -0.752. The van der Waals surface area contributed by atoms with Gasteiger partial charge in [0.05, 0.1) is 23.7 Å². The smallest absolute Gasteiger partial charge is 0.415 e. The molecule has 2 N–H and O–H groups in total. The Balaban J connectivity index is 2.28. The van der Waals surface area contributed by atoms with Gasteiger partial charge in [-0.05, 0) is 91.8 Å². The Morgan fingerprint density at radius 2 is 1.69 bits per heavy atom. The summed E-state index contributed by atoms with van der Waals surface area (Å²) in [6.07, 6.45) is 5.89. The Bertz CT molecular complexity index is 1340. The van der Waals surface area contributed by atoms with Gasteiger partial charge in [-0.1, -0.05) is 31.4 Å². The molecule has 1 aliphatic rings. The van der Waals surface area contributed by atoms with Gasteiger partial charge >= 0.3 is 12.1 Å². The second kappa shape index (κ2) is 19.4. The average Bonchev–Trinajstić information content (AvgIpc) is 3.05. The number of benzene rings is 1. The average molecular weight is 667 g/mol. The first-order valence-electron chi connectivity index (χ1n) is 16.7. The highest BCUT2D eigenvalue weighted by atomic mass is 16.6. The van der Waals surface area contributed by atoms with Crippen LogP contribution >= 0.6 is 0 Å². The summed E-state index contributed by atoms with van der Waals surface area (Å²) in [6.45, 7) is 23.5. The number of esters is 1. The number of hydrogen-bond donors (Lipinski definition) is 2. The minimum absolute atomic E-state index is 0.0307. The third-order valence-corrected chi connectivity index (χ3v) is 7.51. The quantitative estimate of drug-likeness (QED) is 0.0653. The number of guanidine groups is 1. The van der Waals surface area contributed by atoms with Crippen molar-refractivity contribution in [2.45, 2.75) is 92.0 Å². The van der Waals surface area contributed by atoms with Crippen LogP contribution in [0.15, 0.2) is 71.0 Å². The van der Waals surface area contributed by atoms with E-state index in [9.17, 15) is 19.5 Å². The first-order valence-corrected chi connectivity index (χ1v) is 16.7. The maximum Gasteiger partial charge on any atom is 0.415 e. The molecule has 2 atom stereocenters. The van der Waals surface area contributed by atoms with Crippen molar-refractivity contribution in [1.82, 2.24) is 20.0 Å². The van der Waals surface area contributed by atoms with Crippen molar-refractivity contribution in [3.63, 3.8) is 0 Å². The zero-order chi connectivity index (χ0) is 35.9. The van der Waals surface area contributed by atoms with Gasteiger partial charge < -0.3 is 29.3 Å². The summed E-state index contributed by atoms with van der Waals surface area (Å²) in [6, 6.07) is 6.35. The Hall–Kier alpha value is -4.45. The van der Waals surface area contributed by atoms with Gasteiger partial charge in [0.25, 0.3) is 5.91 Å². The molecule has 2 unspecified atom stereocenters. The first kappa shape index (κ1) is 39.7. The molecule has 1 aliphatic heterocycles. The lowest BCUT2D eigenvalue weighted by molar-refractivity contribution is -0.157. The predicted octanol–water partition coefficient (Wildman–Crippen LogP) is 5.62. The highest BCUT2D eigenvalue weighted by Gasteiger charge is 2.27. The summed E-state index contributed by atoms with van der Waals surface area (Å²) in [7, 11) is 0. The van der Waals surface area contributed by atoms with E-state index in [1.165, 1.54) is 17.2 Å². The van der Waals surface area contributed by atoms with Crippen LogP contribution in [0.3, 0.4) is 0 Å². The zero-order valence-corrected chi connectivity index (χ0v) is 29.7. The molecule has 0 aliphatic carbocycles. The van der Waals surface area contributed by atoms with Crippen molar-refractivity contribution in [3.8, 4) is 5.75 Å². The van der Waals surface area contributed by atoms with Crippen molar-refractivity contribution >= 4 is 30.1 Å². The summed E-state index contributed by atoms with van der Waals surface area (Å²) < 4.78 is 11.3. The fourth-order valence-corrected chi connectivity index (χ4v) is 4.99. The lowest BCUT2D eigenvalue weighted by Crippen LogP contribution is -2.46. The second-order valence-electron chi connectivity index (χ2n) is 12.4. The number of rotatable bonds is 14. The Morgan fingerprint density at radius 3 is 2.21 bits per heavy atom. The number of nitrogens with one attached hydrogen (secondary N) is 1. The highest BCUT2D eigenvalue weighted by Crippen LogP contribution is 2.18. The molecule has 12 nitrogen and oxygen atoms in total. The van der Waals surface area contributed by atoms with Crippen LogP contribution in [0.25, 0.3) is 0 Å². The minimum Gasteiger partial charge on any atom is -0.515 e. The van der Waals surface area contributed by atoms with Crippen LogP contribution < -0.4 is 10.1 Å². The molecule has 1 heterocycles. The molecule has 1 saturated heterocycles. The third-order valence-electron chi connectivity index (χ3n) is 7.51. The molecule has 12 heteroatoms. The summed E-state index contributed by atoms with van der Waals surface area (Å²) >= 11 is 0. The van der Waals surface area contributed by atoms with Crippen molar-refractivity contribution < 1.29 is 29.0 Å². The number of carbonyl (C=O) groups is 3. The van der Waals surface area contributed by atoms with E-state index in [1.54, 1.807) is 24.0 Å². The van der Waals surface area contributed by atoms with Gasteiger partial charge in [0, 0.05) is 32.7 Å². The van der Waals surface area contributed by atoms with E-state index >= 15 is 0 Å². The van der Waals surface area contributed by atoms with Crippen LogP contribution in [0.5, 0.6) is 5.75 Å². The van der Waals surface area contributed by atoms with Gasteiger partial charge in [-0.2, -0.15) is 0 Å². The largest absolute Gasteiger partial charge is 0.515 e. The Kier molecular flexibility index (Phi) is 16.0. The molecule has 0 saturated carbocycles. The van der Waals surface area contributed by atoms with Crippen molar-refractivity contribution in [2.24, 2.45) is 9.98 Å². The molecule has 2 rings (SSSR count). The lowest BCUT2D eigenvalue weighted by Gasteiger charge is -2.27. The van der Waals surface area contributed by atoms with Crippen molar-refractivity contribution in [1.29, 1.82) is 0 Å². The number of amides is 2. The van der Waals surface area contributed by atoms with Gasteiger partial charge in [0.1, 0.15) is 23.6 Å². The number of likely N-dealkylation sites (tertiary alicyclic amines) is 1. The number of allylic oxidation sites excluding steroid dienone is 1. The highest BCUT2D eigenvalue weighted by molar-refractivity contribution is 6.01. The van der Waals surface area contributed by atoms with Crippen LogP contribution in [-0.4, -0.2) is 100 Å². The Labute approximate surface area is 285 Å². The summed E-state index contributed by atoms with van der Waals surface area (Å²) in [5.74, 6) is -0.0716. The van der Waals surface area contributed by atoms with E-state index in [-0.39, 0.29) is 11.7 Å². The summed E-state index contributed by atoms with van der Waals surface area (Å²) in [4.78, 5) is 53.1. The van der Waals surface area contributed by atoms with Gasteiger partial charge in [0.15, 0.2) is 0 Å². The van der Waals surface area contributed by atoms with E-state index in [0.29, 0.717) is 62.8 Å². The zero-order valence-electron chi connectivity index (χ0n) is 29.7. The molecule has 0 spiro atoms. The molecule has 1 fully saturated rings. The molecule has 0 bridgehead atoms. The van der Waals surface area contributed by atoms with E-state index in [2.05, 4.69) is 23.5 Å². The monoisotopic (exact) mass is 666 g/mol. The predicted molar refractivity (Wildman–Crippen MR) is 190 cm³/mol. The molecule has 1 aromatic rings. The molecule has 0 radical (unpaired) electrons. The van der Waals surface area contributed by atoms with E-state index in [4.69, 9.17) is 14.5 Å². The van der Waals surface area contributed by atoms with Crippen molar-refractivity contribution in [3.05, 3.63) is 66.6 Å². The fourth-order valence-electron chi connectivity index (χ4n) is 4.99. The van der Waals surface area contributed by atoms with Gasteiger partial charge in [-0.15, -0.1) is 0 Å². The number of likely N-dealkylation sites (N-methyl/N-ethyl adjacent to an activating group) is 1. The van der Waals surface area contributed by atoms with Gasteiger partial charge in [-0.3, -0.25) is 14.9 Å². The summed E-state index contributed by atoms with van der Waals surface area (Å²) in [5, 5.41) is 12.7. The van der Waals surface area contributed by atoms with Crippen LogP contribution in [0, 0.1) is 0 Å². The third kappa shape index (κ3) is 12.6. The normalized spacial score (nSPS) is 15.4. The standard InChI is InChI=1S/C36H54N6O6/c1-10-29(25-43)32(44)42(13-4)26(5)24-37-34(40(11-2)12-3)39-27(6)38-31(33(45)48-36(7,8)9)23-28-17-19-30(20-18-28)47-35(46)41-21-15-14-16-22-41/h10,17-20,24-25,27,31,38,43H,1,5,11-16,21-23H2,2-4,6-9H3/b29-25+,37-24-,39-34+. The van der Waals surface area contributed by atoms with E-state index in [1.807, 2.05) is 58.6 Å². The number of ether oxygens (including phenoxy) is 2. The van der Waals surface area contributed by atoms with E-state index < -0.39 is 29.7 Å². The van der Waals surface area contributed by atoms with E-state index in [0.717, 1.165) is 24.8 Å². The van der Waals surface area contributed by atoms with Crippen LogP contribution in [-0.2, 0) is 20.7 Å². The first-order chi connectivity index (χ1) is 22.8. The number of carbonyl (C=O) groups excluding carboxylic acids is 3. The SMILES string of the molecule is C=C/C(=C\O)C(=O)N(CC)C(=C)/C=N\C(=N/C(C)NC(Cc1ccc(OC(=O)N2CCCCC2)cc1)C(=O)OC(C)(C)C)N(CC)CC. The maximum atomic E-state index is 13.4. The fraction of sp³-hybridized carbons (Fsp3) is 0.528. The number of aliphatic hydroxyl groups is 1. The molecule has 2 amide bonds. The van der Waals surface area contributed by atoms with Crippen molar-refractivity contribution in [2.75, 3.05) is 32.7 Å². The van der Waals surface area contributed by atoms with Crippen LogP contribution in [0.4, 0.5) is 4.79 Å². The number of nitrogens with zero attached hydrogens (tertiary/aromatic N) is 5. The molecule has 48 heavy (non-hydrogen) atoms. The van der Waals surface area contributed by atoms with Gasteiger partial charge in [-0.25, -0.2) is 14.8 Å². The molecule has 0 aromatic heterocycles. The molecule has 1 aromatic carbocycles. The number of aliphatic imine (C=N–C) groups is 2. The van der Waals surface area contributed by atoms with Gasteiger partial charge in [0.2, 0.25) is 5.96 Å². The Morgan fingerprint density at radius 1 is 1.06 bits per heavy atom. The molecule has 264 valence electrons. The number of hydrogen-bond acceptors (Lipinski definition) is 8. The van der Waals surface area contributed by atoms with Crippen LogP contribution in [0.1, 0.15) is 73.3 Å². The summed E-state index contributed by atoms with van der Waals surface area (Å²) in [5.41, 5.74) is 0.474. The molecular weight excluding hydrogens is 612 g/mol. The topological polar surface area (TPSA) is 136 Å². The molecular formula is C36H54N6O6. The number of piperidine rings is 1. The maximum absolute atomic E-state index is 13.4. The van der Waals surface area contributed by atoms with Crippen LogP contribution in [0.2, 0.25) is 0 Å².